The predicted molar refractivity (Wildman–Crippen MR) is 96.2 cm³/mol. The number of nitro groups is 1. The minimum atomic E-state index is -0.378. The molecule has 0 amide bonds. The summed E-state index contributed by atoms with van der Waals surface area (Å²) in [6, 6.07) is 9.89. The first kappa shape index (κ1) is 15.0. The van der Waals surface area contributed by atoms with E-state index in [1.165, 1.54) is 15.7 Å². The summed E-state index contributed by atoms with van der Waals surface area (Å²) in [4.78, 5) is 18.2. The topological polar surface area (TPSA) is 94.4 Å². The Bertz CT molecular complexity index is 1110. The Morgan fingerprint density at radius 1 is 1.15 bits per heavy atom. The van der Waals surface area contributed by atoms with Crippen LogP contribution in [0.15, 0.2) is 41.9 Å². The molecule has 9 nitrogen and oxygen atoms in total. The molecule has 1 aromatic carbocycles. The van der Waals surface area contributed by atoms with E-state index in [-0.39, 0.29) is 10.7 Å². The summed E-state index contributed by atoms with van der Waals surface area (Å²) in [5.41, 5.74) is 1.01. The summed E-state index contributed by atoms with van der Waals surface area (Å²) < 4.78 is 3.59. The summed E-state index contributed by atoms with van der Waals surface area (Å²) in [6.07, 6.45) is 1.68. The van der Waals surface area contributed by atoms with E-state index < -0.39 is 0 Å². The van der Waals surface area contributed by atoms with Crippen LogP contribution in [0.25, 0.3) is 16.3 Å². The van der Waals surface area contributed by atoms with E-state index >= 15 is 0 Å². The van der Waals surface area contributed by atoms with E-state index in [9.17, 15) is 10.1 Å². The van der Waals surface area contributed by atoms with E-state index in [1.54, 1.807) is 11.6 Å². The van der Waals surface area contributed by atoms with Crippen LogP contribution in [0.1, 0.15) is 5.82 Å². The highest BCUT2D eigenvalue weighted by atomic mass is 32.1. The number of benzene rings is 1. The number of nitrogens with zero attached hydrogens (tertiary/aromatic N) is 7. The summed E-state index contributed by atoms with van der Waals surface area (Å²) >= 11 is 1.38. The van der Waals surface area contributed by atoms with Crippen molar-refractivity contribution in [3.05, 3.63) is 57.8 Å². The van der Waals surface area contributed by atoms with Gasteiger partial charge in [-0.05, 0) is 4.92 Å². The highest BCUT2D eigenvalue weighted by Gasteiger charge is 2.31. The number of hydrogen-bond donors (Lipinski definition) is 0. The van der Waals surface area contributed by atoms with Crippen molar-refractivity contribution in [1.29, 1.82) is 0 Å². The lowest BCUT2D eigenvalue weighted by Crippen LogP contribution is -2.34. The van der Waals surface area contributed by atoms with E-state index in [2.05, 4.69) is 19.7 Å². The molecule has 0 N–H and O–H groups in total. The van der Waals surface area contributed by atoms with E-state index in [1.807, 2.05) is 35.2 Å². The standard InChI is InChI=1S/C16H13N7O2S/c24-23(25)15-14(17-16-22(15)8-9-26-16)20-6-7-21-12(10-20)18-19-13(21)11-4-2-1-3-5-11/h1-5,8-9H,6-7,10H2. The fraction of sp³-hybridized carbons (Fsp3) is 0.188. The molecule has 0 unspecified atom stereocenters. The SMILES string of the molecule is O=[N+]([O-])c1c(N2CCn3c(nnc3-c3ccccc3)C2)nc2sccn12. The zero-order chi connectivity index (χ0) is 17.7. The Labute approximate surface area is 151 Å². The molecule has 3 aromatic heterocycles. The molecule has 130 valence electrons. The molecule has 0 saturated carbocycles. The highest BCUT2D eigenvalue weighted by molar-refractivity contribution is 7.15. The molecule has 0 saturated heterocycles. The van der Waals surface area contributed by atoms with Gasteiger partial charge in [0.25, 0.3) is 4.96 Å². The molecule has 0 bridgehead atoms. The van der Waals surface area contributed by atoms with Gasteiger partial charge in [0.2, 0.25) is 5.82 Å². The highest BCUT2D eigenvalue weighted by Crippen LogP contribution is 2.33. The molecule has 1 aliphatic rings. The molecule has 4 heterocycles. The maximum atomic E-state index is 11.6. The Kier molecular flexibility index (Phi) is 3.25. The van der Waals surface area contributed by atoms with Gasteiger partial charge in [0.05, 0.1) is 6.54 Å². The van der Waals surface area contributed by atoms with Crippen molar-refractivity contribution in [2.75, 3.05) is 11.4 Å². The van der Waals surface area contributed by atoms with Gasteiger partial charge in [0.15, 0.2) is 11.6 Å². The van der Waals surface area contributed by atoms with Gasteiger partial charge < -0.3 is 19.6 Å². The van der Waals surface area contributed by atoms with Crippen molar-refractivity contribution < 1.29 is 4.92 Å². The number of rotatable bonds is 3. The van der Waals surface area contributed by atoms with Gasteiger partial charge in [-0.3, -0.25) is 0 Å². The third-order valence-corrected chi connectivity index (χ3v) is 5.23. The van der Waals surface area contributed by atoms with Crippen molar-refractivity contribution in [2.45, 2.75) is 13.1 Å². The van der Waals surface area contributed by atoms with E-state index in [0.717, 1.165) is 17.2 Å². The van der Waals surface area contributed by atoms with Gasteiger partial charge >= 0.3 is 5.82 Å². The zero-order valence-electron chi connectivity index (χ0n) is 13.5. The zero-order valence-corrected chi connectivity index (χ0v) is 14.3. The number of hydrogen-bond acceptors (Lipinski definition) is 7. The first-order valence-corrected chi connectivity index (χ1v) is 8.93. The lowest BCUT2D eigenvalue weighted by atomic mass is 10.2. The fourth-order valence-electron chi connectivity index (χ4n) is 3.28. The molecule has 0 radical (unpaired) electrons. The van der Waals surface area contributed by atoms with Crippen LogP contribution in [0.2, 0.25) is 0 Å². The fourth-order valence-corrected chi connectivity index (χ4v) is 3.99. The van der Waals surface area contributed by atoms with Crippen LogP contribution in [0.5, 0.6) is 0 Å². The second-order valence-electron chi connectivity index (χ2n) is 5.95. The van der Waals surface area contributed by atoms with Crippen LogP contribution < -0.4 is 4.90 Å². The average Bonchev–Trinajstić information content (AvgIpc) is 3.35. The van der Waals surface area contributed by atoms with Crippen LogP contribution in [-0.4, -0.2) is 35.6 Å². The van der Waals surface area contributed by atoms with Gasteiger partial charge in [-0.25, -0.2) is 0 Å². The smallest absolute Gasteiger partial charge is 0.358 e. The van der Waals surface area contributed by atoms with E-state index in [0.29, 0.717) is 30.4 Å². The van der Waals surface area contributed by atoms with Gasteiger partial charge in [-0.2, -0.15) is 9.38 Å². The molecule has 0 fully saturated rings. The van der Waals surface area contributed by atoms with Crippen LogP contribution in [-0.2, 0) is 13.1 Å². The second-order valence-corrected chi connectivity index (χ2v) is 6.82. The van der Waals surface area contributed by atoms with Gasteiger partial charge in [-0.15, -0.1) is 10.2 Å². The quantitative estimate of drug-likeness (QED) is 0.408. The molecule has 0 aliphatic carbocycles. The van der Waals surface area contributed by atoms with Crippen LogP contribution in [0.3, 0.4) is 0 Å². The lowest BCUT2D eigenvalue weighted by molar-refractivity contribution is -0.389. The molecule has 5 rings (SSSR count). The van der Waals surface area contributed by atoms with Gasteiger partial charge in [0.1, 0.15) is 6.20 Å². The minimum Gasteiger partial charge on any atom is -0.358 e. The Morgan fingerprint density at radius 2 is 2.00 bits per heavy atom. The van der Waals surface area contributed by atoms with Crippen LogP contribution in [0, 0.1) is 10.1 Å². The molecule has 10 heteroatoms. The minimum absolute atomic E-state index is 0.00232. The summed E-state index contributed by atoms with van der Waals surface area (Å²) in [6.45, 7) is 1.69. The first-order chi connectivity index (χ1) is 12.7. The third-order valence-electron chi connectivity index (χ3n) is 4.48. The Balaban J connectivity index is 1.53. The molecule has 0 atom stereocenters. The summed E-state index contributed by atoms with van der Waals surface area (Å²) in [5, 5.41) is 22.0. The number of thiazole rings is 1. The predicted octanol–water partition coefficient (Wildman–Crippen LogP) is 2.58. The monoisotopic (exact) mass is 367 g/mol. The number of imidazole rings is 1. The molecular formula is C16H13N7O2S. The third kappa shape index (κ3) is 2.19. The average molecular weight is 367 g/mol. The maximum Gasteiger partial charge on any atom is 0.373 e. The number of anilines is 1. The van der Waals surface area contributed by atoms with Crippen LogP contribution >= 0.6 is 11.3 Å². The van der Waals surface area contributed by atoms with Crippen molar-refractivity contribution in [1.82, 2.24) is 24.1 Å². The number of aromatic nitrogens is 5. The molecule has 26 heavy (non-hydrogen) atoms. The van der Waals surface area contributed by atoms with Crippen molar-refractivity contribution in [3.63, 3.8) is 0 Å². The molecule has 0 spiro atoms. The van der Waals surface area contributed by atoms with E-state index in [4.69, 9.17) is 0 Å². The Morgan fingerprint density at radius 3 is 2.81 bits per heavy atom. The number of fused-ring (bicyclic) bond motifs is 2. The molecule has 1 aliphatic heterocycles. The second kappa shape index (κ2) is 5.63. The van der Waals surface area contributed by atoms with Gasteiger partial charge in [0, 0.05) is 24.0 Å². The largest absolute Gasteiger partial charge is 0.373 e. The lowest BCUT2D eigenvalue weighted by Gasteiger charge is -2.27. The first-order valence-electron chi connectivity index (χ1n) is 8.05. The molecule has 4 aromatic rings. The summed E-state index contributed by atoms with van der Waals surface area (Å²) in [5.74, 6) is 1.98. The molecular weight excluding hydrogens is 354 g/mol. The Hall–Kier alpha value is -3.27. The normalized spacial score (nSPS) is 13.9. The van der Waals surface area contributed by atoms with Crippen molar-refractivity contribution >= 4 is 27.9 Å². The maximum absolute atomic E-state index is 11.6. The van der Waals surface area contributed by atoms with Gasteiger partial charge in [-0.1, -0.05) is 41.7 Å². The van der Waals surface area contributed by atoms with Crippen molar-refractivity contribution in [3.8, 4) is 11.4 Å². The van der Waals surface area contributed by atoms with Crippen molar-refractivity contribution in [2.24, 2.45) is 0 Å². The summed E-state index contributed by atoms with van der Waals surface area (Å²) in [7, 11) is 0. The van der Waals surface area contributed by atoms with Crippen LogP contribution in [0.4, 0.5) is 11.6 Å².